The van der Waals surface area contributed by atoms with E-state index in [2.05, 4.69) is 57.6 Å². The van der Waals surface area contributed by atoms with Crippen molar-refractivity contribution in [3.05, 3.63) is 21.2 Å². The molecule has 1 fully saturated rings. The first-order valence-corrected chi connectivity index (χ1v) is 7.92. The lowest BCUT2D eigenvalue weighted by molar-refractivity contribution is 0.0527. The summed E-state index contributed by atoms with van der Waals surface area (Å²) < 4.78 is 7.94. The van der Waals surface area contributed by atoms with Crippen LogP contribution in [0, 0.1) is 11.3 Å². The highest BCUT2D eigenvalue weighted by atomic mass is 79.9. The number of aromatic nitrogens is 1. The molecule has 2 atom stereocenters. The SMILES string of the molecule is CC1CC(Oc2ncc(Br)cc2Br)CC(C)(C)C1. The van der Waals surface area contributed by atoms with Crippen LogP contribution in [0.4, 0.5) is 0 Å². The normalized spacial score (nSPS) is 26.9. The second-order valence-corrected chi connectivity index (χ2v) is 7.86. The van der Waals surface area contributed by atoms with Gasteiger partial charge in [-0.1, -0.05) is 20.8 Å². The minimum Gasteiger partial charge on any atom is -0.474 e. The Morgan fingerprint density at radius 1 is 1.33 bits per heavy atom. The van der Waals surface area contributed by atoms with Gasteiger partial charge in [0.05, 0.1) is 4.47 Å². The van der Waals surface area contributed by atoms with Gasteiger partial charge in [0, 0.05) is 10.7 Å². The van der Waals surface area contributed by atoms with E-state index in [1.54, 1.807) is 6.20 Å². The van der Waals surface area contributed by atoms with Gasteiger partial charge in [0.1, 0.15) is 6.10 Å². The van der Waals surface area contributed by atoms with E-state index >= 15 is 0 Å². The van der Waals surface area contributed by atoms with E-state index in [9.17, 15) is 0 Å². The van der Waals surface area contributed by atoms with Crippen LogP contribution in [-0.2, 0) is 0 Å². The Balaban J connectivity index is 2.09. The van der Waals surface area contributed by atoms with Crippen LogP contribution in [0.2, 0.25) is 0 Å². The molecule has 2 unspecified atom stereocenters. The highest BCUT2D eigenvalue weighted by molar-refractivity contribution is 9.11. The van der Waals surface area contributed by atoms with Gasteiger partial charge in [0.25, 0.3) is 0 Å². The van der Waals surface area contributed by atoms with Gasteiger partial charge in [-0.15, -0.1) is 0 Å². The zero-order valence-electron chi connectivity index (χ0n) is 11.0. The van der Waals surface area contributed by atoms with Crippen LogP contribution >= 0.6 is 31.9 Å². The minimum atomic E-state index is 0.272. The highest BCUT2D eigenvalue weighted by Gasteiger charge is 2.33. The lowest BCUT2D eigenvalue weighted by Gasteiger charge is -2.38. The summed E-state index contributed by atoms with van der Waals surface area (Å²) in [6, 6.07) is 1.97. The lowest BCUT2D eigenvalue weighted by atomic mass is 9.71. The van der Waals surface area contributed by atoms with Crippen molar-refractivity contribution in [2.45, 2.75) is 46.1 Å². The number of rotatable bonds is 2. The summed E-state index contributed by atoms with van der Waals surface area (Å²) >= 11 is 6.90. The fourth-order valence-electron chi connectivity index (χ4n) is 2.99. The average molecular weight is 377 g/mol. The summed E-state index contributed by atoms with van der Waals surface area (Å²) in [5.41, 5.74) is 0.365. The van der Waals surface area contributed by atoms with E-state index in [0.29, 0.717) is 17.2 Å². The predicted octanol–water partition coefficient (Wildman–Crippen LogP) is 5.20. The van der Waals surface area contributed by atoms with E-state index in [-0.39, 0.29) is 6.10 Å². The van der Waals surface area contributed by atoms with Gasteiger partial charge in [-0.2, -0.15) is 0 Å². The maximum atomic E-state index is 6.07. The zero-order valence-corrected chi connectivity index (χ0v) is 14.2. The Kier molecular flexibility index (Phi) is 4.37. The summed E-state index contributed by atoms with van der Waals surface area (Å²) in [5.74, 6) is 1.42. The molecule has 1 aliphatic rings. The van der Waals surface area contributed by atoms with Crippen molar-refractivity contribution in [1.29, 1.82) is 0 Å². The Bertz CT molecular complexity index is 434. The molecule has 0 saturated heterocycles. The molecule has 0 aromatic carbocycles. The molecule has 1 aromatic rings. The van der Waals surface area contributed by atoms with Crippen molar-refractivity contribution in [3.8, 4) is 5.88 Å². The van der Waals surface area contributed by atoms with E-state index in [4.69, 9.17) is 4.74 Å². The average Bonchev–Trinajstić information content (AvgIpc) is 2.19. The standard InChI is InChI=1S/C14H19Br2NO/c1-9-4-11(7-14(2,3)6-9)18-13-12(16)5-10(15)8-17-13/h5,8-9,11H,4,6-7H2,1-3H3. The predicted molar refractivity (Wildman–Crippen MR) is 80.8 cm³/mol. The number of ether oxygens (including phenoxy) is 1. The molecule has 1 saturated carbocycles. The van der Waals surface area contributed by atoms with Crippen LogP contribution in [0.25, 0.3) is 0 Å². The second kappa shape index (κ2) is 5.49. The summed E-state index contributed by atoms with van der Waals surface area (Å²) in [5, 5.41) is 0. The Morgan fingerprint density at radius 3 is 2.67 bits per heavy atom. The molecule has 0 bridgehead atoms. The smallest absolute Gasteiger partial charge is 0.228 e. The van der Waals surface area contributed by atoms with Gasteiger partial charge in [-0.05, 0) is 68.5 Å². The second-order valence-electron chi connectivity index (χ2n) is 6.09. The number of hydrogen-bond donors (Lipinski definition) is 0. The molecule has 1 heterocycles. The minimum absolute atomic E-state index is 0.272. The van der Waals surface area contributed by atoms with Crippen LogP contribution in [0.5, 0.6) is 5.88 Å². The molecular weight excluding hydrogens is 358 g/mol. The van der Waals surface area contributed by atoms with Crippen LogP contribution in [0.15, 0.2) is 21.2 Å². The quantitative estimate of drug-likeness (QED) is 0.707. The van der Waals surface area contributed by atoms with Crippen LogP contribution in [0.1, 0.15) is 40.0 Å². The van der Waals surface area contributed by atoms with Crippen molar-refractivity contribution in [2.75, 3.05) is 0 Å². The van der Waals surface area contributed by atoms with Gasteiger partial charge in [-0.25, -0.2) is 4.98 Å². The van der Waals surface area contributed by atoms with Crippen molar-refractivity contribution in [2.24, 2.45) is 11.3 Å². The Hall–Kier alpha value is -0.0900. The van der Waals surface area contributed by atoms with Gasteiger partial charge in [0.2, 0.25) is 5.88 Å². The molecule has 1 aliphatic carbocycles. The van der Waals surface area contributed by atoms with Crippen LogP contribution < -0.4 is 4.74 Å². The van der Waals surface area contributed by atoms with Crippen LogP contribution in [0.3, 0.4) is 0 Å². The summed E-state index contributed by atoms with van der Waals surface area (Å²) in [4.78, 5) is 4.33. The molecule has 4 heteroatoms. The monoisotopic (exact) mass is 375 g/mol. The van der Waals surface area contributed by atoms with E-state index in [1.807, 2.05) is 6.07 Å². The third kappa shape index (κ3) is 3.70. The molecule has 2 rings (SSSR count). The Morgan fingerprint density at radius 2 is 2.06 bits per heavy atom. The largest absolute Gasteiger partial charge is 0.474 e. The van der Waals surface area contributed by atoms with Gasteiger partial charge in [0.15, 0.2) is 0 Å². The van der Waals surface area contributed by atoms with Gasteiger partial charge >= 0.3 is 0 Å². The van der Waals surface area contributed by atoms with Crippen molar-refractivity contribution >= 4 is 31.9 Å². The third-order valence-electron chi connectivity index (χ3n) is 3.40. The number of hydrogen-bond acceptors (Lipinski definition) is 2. The highest BCUT2D eigenvalue weighted by Crippen LogP contribution is 2.40. The number of halogens is 2. The molecule has 2 nitrogen and oxygen atoms in total. The van der Waals surface area contributed by atoms with E-state index in [1.165, 1.54) is 6.42 Å². The Labute approximate surface area is 126 Å². The molecule has 18 heavy (non-hydrogen) atoms. The first-order valence-electron chi connectivity index (χ1n) is 6.33. The van der Waals surface area contributed by atoms with Crippen molar-refractivity contribution in [1.82, 2.24) is 4.98 Å². The van der Waals surface area contributed by atoms with Gasteiger partial charge in [-0.3, -0.25) is 0 Å². The fourth-order valence-corrected chi connectivity index (χ4v) is 4.08. The third-order valence-corrected chi connectivity index (χ3v) is 4.40. The number of nitrogens with zero attached hydrogens (tertiary/aromatic N) is 1. The molecule has 0 spiro atoms. The van der Waals surface area contributed by atoms with E-state index < -0.39 is 0 Å². The lowest BCUT2D eigenvalue weighted by Crippen LogP contribution is -2.34. The topological polar surface area (TPSA) is 22.1 Å². The maximum Gasteiger partial charge on any atom is 0.228 e. The molecule has 0 aliphatic heterocycles. The summed E-state index contributed by atoms with van der Waals surface area (Å²) in [7, 11) is 0. The first kappa shape index (κ1) is 14.3. The molecule has 0 N–H and O–H groups in total. The molecule has 1 aromatic heterocycles. The van der Waals surface area contributed by atoms with Crippen molar-refractivity contribution < 1.29 is 4.74 Å². The fraction of sp³-hybridized carbons (Fsp3) is 0.643. The summed E-state index contributed by atoms with van der Waals surface area (Å²) in [6.07, 6.45) is 5.54. The molecular formula is C14H19Br2NO. The van der Waals surface area contributed by atoms with Gasteiger partial charge < -0.3 is 4.74 Å². The van der Waals surface area contributed by atoms with Crippen molar-refractivity contribution in [3.63, 3.8) is 0 Å². The van der Waals surface area contributed by atoms with E-state index in [0.717, 1.165) is 21.8 Å². The zero-order chi connectivity index (χ0) is 13.3. The molecule has 100 valence electrons. The first-order chi connectivity index (χ1) is 8.35. The molecule has 0 amide bonds. The molecule has 0 radical (unpaired) electrons. The number of pyridine rings is 1. The van der Waals surface area contributed by atoms with Crippen LogP contribution in [-0.4, -0.2) is 11.1 Å². The summed E-state index contributed by atoms with van der Waals surface area (Å²) in [6.45, 7) is 6.95. The maximum absolute atomic E-state index is 6.07.